The summed E-state index contributed by atoms with van der Waals surface area (Å²) in [6.45, 7) is 1.73. The molecule has 0 saturated carbocycles. The summed E-state index contributed by atoms with van der Waals surface area (Å²) in [4.78, 5) is -0.169. The molecule has 0 saturated heterocycles. The van der Waals surface area contributed by atoms with Crippen LogP contribution in [0.2, 0.25) is 0 Å². The van der Waals surface area contributed by atoms with Gasteiger partial charge in [-0.2, -0.15) is 0 Å². The van der Waals surface area contributed by atoms with Crippen LogP contribution in [0.25, 0.3) is 0 Å². The van der Waals surface area contributed by atoms with Crippen LogP contribution < -0.4 is 0 Å². The zero-order valence-electron chi connectivity index (χ0n) is 6.65. The Morgan fingerprint density at radius 1 is 1.33 bits per heavy atom. The van der Waals surface area contributed by atoms with Crippen molar-refractivity contribution in [2.24, 2.45) is 0 Å². The summed E-state index contributed by atoms with van der Waals surface area (Å²) in [5, 5.41) is 0. The van der Waals surface area contributed by atoms with Crippen LogP contribution in [-0.4, -0.2) is 13.0 Å². The predicted molar refractivity (Wildman–Crippen MR) is 39.1 cm³/mol. The van der Waals surface area contributed by atoms with Crippen LogP contribution in [0.3, 0.4) is 0 Å². The van der Waals surface area contributed by atoms with Crippen molar-refractivity contribution in [3.05, 3.63) is 29.8 Å². The molecule has 1 radical (unpaired) electrons. The van der Waals surface area contributed by atoms with Gasteiger partial charge in [-0.1, -0.05) is 12.1 Å². The van der Waals surface area contributed by atoms with Gasteiger partial charge in [0.15, 0.2) is 0 Å². The zero-order valence-corrected chi connectivity index (χ0v) is 13.0. The Kier molecular flexibility index (Phi) is 4.37. The molecule has 0 aliphatic rings. The van der Waals surface area contributed by atoms with Crippen LogP contribution >= 0.6 is 0 Å². The largest absolute Gasteiger partial charge is 1.00 e. The van der Waals surface area contributed by atoms with E-state index < -0.39 is 10.1 Å². The molecule has 5 heteroatoms. The molecule has 1 aromatic rings. The van der Waals surface area contributed by atoms with Crippen molar-refractivity contribution in [1.29, 1.82) is 0 Å². The minimum Gasteiger partial charge on any atom is -0.744 e. The number of rotatable bonds is 1. The summed E-state index contributed by atoms with van der Waals surface area (Å²) in [5.74, 6) is 0. The predicted octanol–water partition coefficient (Wildman–Crippen LogP) is 0.897. The Balaban J connectivity index is 0.00000121. The number of hydrogen-bond donors (Lipinski definition) is 0. The van der Waals surface area contributed by atoms with E-state index in [2.05, 4.69) is 0 Å². The van der Waals surface area contributed by atoms with Gasteiger partial charge in [-0.15, -0.1) is 0 Å². The van der Waals surface area contributed by atoms with E-state index in [1.54, 1.807) is 19.1 Å². The monoisotopic (exact) mass is 373 g/mol. The van der Waals surface area contributed by atoms with Crippen molar-refractivity contribution in [3.63, 3.8) is 0 Å². The summed E-state index contributed by atoms with van der Waals surface area (Å²) in [5.41, 5.74) is 0.766. The van der Waals surface area contributed by atoms with Crippen molar-refractivity contribution < 1.29 is 40.6 Å². The summed E-state index contributed by atoms with van der Waals surface area (Å²) in [6, 6.07) is 5.91. The molecule has 0 aromatic heterocycles. The third kappa shape index (κ3) is 3.20. The quantitative estimate of drug-likeness (QED) is 0.544. The Hall–Kier alpha value is 0.0651. The van der Waals surface area contributed by atoms with Gasteiger partial charge in [0.1, 0.15) is 10.1 Å². The number of hydrogen-bond acceptors (Lipinski definition) is 3. The average molecular weight is 372 g/mol. The fourth-order valence-corrected chi connectivity index (χ4v) is 1.35. The first-order chi connectivity index (χ1) is 5.00. The van der Waals surface area contributed by atoms with Crippen LogP contribution in [0.1, 0.15) is 5.56 Å². The molecule has 0 bridgehead atoms. The van der Waals surface area contributed by atoms with Crippen molar-refractivity contribution >= 4 is 10.1 Å². The molecule has 0 spiro atoms. The van der Waals surface area contributed by atoms with E-state index in [0.717, 1.165) is 5.56 Å². The van der Waals surface area contributed by atoms with Crippen molar-refractivity contribution in [1.82, 2.24) is 0 Å². The molecule has 0 fully saturated rings. The van der Waals surface area contributed by atoms with Gasteiger partial charge in [-0.25, -0.2) is 8.42 Å². The second-order valence-electron chi connectivity index (χ2n) is 2.27. The molecule has 0 unspecified atom stereocenters. The molecule has 0 aliphatic heterocycles. The maximum atomic E-state index is 10.4. The van der Waals surface area contributed by atoms with Crippen LogP contribution in [0.15, 0.2) is 29.2 Å². The van der Waals surface area contributed by atoms with Gasteiger partial charge in [0.25, 0.3) is 0 Å². The molecular weight excluding hydrogens is 365 g/mol. The minimum absolute atomic E-state index is 0. The Morgan fingerprint density at radius 2 is 1.92 bits per heavy atom. The minimum atomic E-state index is -4.28. The molecular formula is C7H7HgO3S. The van der Waals surface area contributed by atoms with E-state index in [0.29, 0.717) is 0 Å². The van der Waals surface area contributed by atoms with Crippen molar-refractivity contribution in [2.45, 2.75) is 11.8 Å². The molecule has 0 atom stereocenters. The summed E-state index contributed by atoms with van der Waals surface area (Å²) >= 11 is 0. The SMILES string of the molecule is Cc1cccc(S(=O)(=O)[O-])c1.[Hg+]. The van der Waals surface area contributed by atoms with Gasteiger partial charge in [-0.05, 0) is 24.6 Å². The third-order valence-electron chi connectivity index (χ3n) is 1.28. The van der Waals surface area contributed by atoms with Gasteiger partial charge < -0.3 is 4.55 Å². The summed E-state index contributed by atoms with van der Waals surface area (Å²) in [7, 11) is -4.28. The van der Waals surface area contributed by atoms with Crippen LogP contribution in [-0.2, 0) is 37.8 Å². The maximum Gasteiger partial charge on any atom is 1.00 e. The Morgan fingerprint density at radius 3 is 2.25 bits per heavy atom. The molecule has 1 rings (SSSR count). The molecule has 61 valence electrons. The second kappa shape index (κ2) is 4.34. The first-order valence-electron chi connectivity index (χ1n) is 3.03. The first kappa shape index (κ1) is 12.1. The van der Waals surface area contributed by atoms with E-state index in [-0.39, 0.29) is 32.6 Å². The van der Waals surface area contributed by atoms with E-state index in [4.69, 9.17) is 0 Å². The van der Waals surface area contributed by atoms with Crippen molar-refractivity contribution in [2.75, 3.05) is 0 Å². The third-order valence-corrected chi connectivity index (χ3v) is 2.11. The molecule has 0 N–H and O–H groups in total. The standard InChI is InChI=1S/C7H8O3S.Hg/c1-6-3-2-4-7(5-6)11(8,9)10;/h2-5H,1H3,(H,8,9,10);/q;+1/p-1. The Labute approximate surface area is 92.1 Å². The smallest absolute Gasteiger partial charge is 0.744 e. The molecule has 3 nitrogen and oxygen atoms in total. The van der Waals surface area contributed by atoms with E-state index in [1.165, 1.54) is 12.1 Å². The van der Waals surface area contributed by atoms with Crippen LogP contribution in [0, 0.1) is 6.92 Å². The normalized spacial score (nSPS) is 10.5. The average Bonchev–Trinajstić information content (AvgIpc) is 1.86. The fourth-order valence-electron chi connectivity index (χ4n) is 0.771. The van der Waals surface area contributed by atoms with Crippen LogP contribution in [0.5, 0.6) is 0 Å². The van der Waals surface area contributed by atoms with Crippen LogP contribution in [0.4, 0.5) is 0 Å². The van der Waals surface area contributed by atoms with Gasteiger partial charge in [0.05, 0.1) is 4.90 Å². The zero-order chi connectivity index (χ0) is 8.48. The topological polar surface area (TPSA) is 57.2 Å². The van der Waals surface area contributed by atoms with E-state index >= 15 is 0 Å². The van der Waals surface area contributed by atoms with Crippen molar-refractivity contribution in [3.8, 4) is 0 Å². The van der Waals surface area contributed by atoms with Gasteiger partial charge in [-0.3, -0.25) is 0 Å². The second-order valence-corrected chi connectivity index (χ2v) is 3.65. The Bertz CT molecular complexity index is 359. The van der Waals surface area contributed by atoms with Gasteiger partial charge in [0, 0.05) is 0 Å². The number of aryl methyl sites for hydroxylation is 1. The molecule has 0 heterocycles. The van der Waals surface area contributed by atoms with Gasteiger partial charge in [0.2, 0.25) is 0 Å². The van der Waals surface area contributed by atoms with Gasteiger partial charge >= 0.3 is 27.7 Å². The molecule has 12 heavy (non-hydrogen) atoms. The molecule has 0 aliphatic carbocycles. The maximum absolute atomic E-state index is 10.4. The fraction of sp³-hybridized carbons (Fsp3) is 0.143. The molecule has 0 amide bonds. The number of benzene rings is 1. The molecule has 1 aromatic carbocycles. The first-order valence-corrected chi connectivity index (χ1v) is 4.43. The van der Waals surface area contributed by atoms with E-state index in [1.807, 2.05) is 0 Å². The van der Waals surface area contributed by atoms with E-state index in [9.17, 15) is 13.0 Å². The summed E-state index contributed by atoms with van der Waals surface area (Å²) < 4.78 is 31.3. The summed E-state index contributed by atoms with van der Waals surface area (Å²) in [6.07, 6.45) is 0.